The molecule has 1 aliphatic heterocycles. The van der Waals surface area contributed by atoms with Crippen molar-refractivity contribution in [2.24, 2.45) is 0 Å². The topological polar surface area (TPSA) is 58.4 Å². The molecule has 0 aliphatic carbocycles. The van der Waals surface area contributed by atoms with Gasteiger partial charge in [0.2, 0.25) is 5.91 Å². The number of carbonyl (C=O) groups excluding carboxylic acids is 1. The summed E-state index contributed by atoms with van der Waals surface area (Å²) >= 11 is 11.7. The Hall–Kier alpha value is -2.15. The highest BCUT2D eigenvalue weighted by atomic mass is 35.5. The molecular formula is C20H18Cl2FN3O2. The molecule has 1 aliphatic rings. The molecule has 1 N–H and O–H groups in total. The van der Waals surface area contributed by atoms with Gasteiger partial charge < -0.3 is 9.73 Å². The average Bonchev–Trinajstić information content (AvgIpc) is 3.08. The van der Waals surface area contributed by atoms with Crippen molar-refractivity contribution < 1.29 is 13.6 Å². The molecule has 2 heterocycles. The molecule has 28 heavy (non-hydrogen) atoms. The van der Waals surface area contributed by atoms with E-state index in [2.05, 4.69) is 15.2 Å². The molecule has 146 valence electrons. The van der Waals surface area contributed by atoms with Crippen molar-refractivity contribution in [2.45, 2.75) is 18.8 Å². The number of anilines is 1. The van der Waals surface area contributed by atoms with E-state index in [9.17, 15) is 9.18 Å². The highest BCUT2D eigenvalue weighted by Gasteiger charge is 2.25. The number of rotatable bonds is 4. The van der Waals surface area contributed by atoms with E-state index < -0.39 is 5.82 Å². The zero-order chi connectivity index (χ0) is 19.7. The molecule has 0 atom stereocenters. The Morgan fingerprint density at radius 2 is 2.00 bits per heavy atom. The lowest BCUT2D eigenvalue weighted by Gasteiger charge is -2.29. The average molecular weight is 422 g/mol. The first kappa shape index (κ1) is 19.2. The lowest BCUT2D eigenvalue weighted by molar-refractivity contribution is -0.117. The fourth-order valence-corrected chi connectivity index (χ4v) is 3.76. The third-order valence-corrected chi connectivity index (χ3v) is 5.40. The number of piperidine rings is 1. The maximum atomic E-state index is 13.2. The maximum absolute atomic E-state index is 13.2. The number of likely N-dealkylation sites (tertiary alicyclic amines) is 1. The standard InChI is InChI=1S/C20H18Cl2FN3O2/c21-13-1-4-18-17(9-13)25-20(28-18)12-5-7-26(8-6-12)11-19(27)24-14-2-3-16(23)15(22)10-14/h1-4,9-10,12H,5-8,11H2,(H,24,27). The molecule has 5 nitrogen and oxygen atoms in total. The van der Waals surface area contributed by atoms with E-state index in [0.717, 1.165) is 42.9 Å². The largest absolute Gasteiger partial charge is 0.440 e. The lowest BCUT2D eigenvalue weighted by atomic mass is 9.97. The number of fused-ring (bicyclic) bond motifs is 1. The van der Waals surface area contributed by atoms with E-state index in [4.69, 9.17) is 27.6 Å². The number of benzene rings is 2. The second kappa shape index (κ2) is 8.07. The van der Waals surface area contributed by atoms with Crippen molar-refractivity contribution in [3.05, 3.63) is 58.2 Å². The quantitative estimate of drug-likeness (QED) is 0.636. The molecule has 0 unspecified atom stereocenters. The molecule has 1 aromatic heterocycles. The van der Waals surface area contributed by atoms with E-state index in [1.165, 1.54) is 18.2 Å². The molecule has 1 amide bonds. The van der Waals surface area contributed by atoms with Crippen molar-refractivity contribution in [3.8, 4) is 0 Å². The summed E-state index contributed by atoms with van der Waals surface area (Å²) in [5, 5.41) is 3.37. The van der Waals surface area contributed by atoms with E-state index in [0.29, 0.717) is 10.7 Å². The van der Waals surface area contributed by atoms with Gasteiger partial charge in [-0.15, -0.1) is 0 Å². The van der Waals surface area contributed by atoms with Gasteiger partial charge in [-0.05, 0) is 62.3 Å². The minimum absolute atomic E-state index is 0.0155. The van der Waals surface area contributed by atoms with Crippen LogP contribution < -0.4 is 5.32 Å². The maximum Gasteiger partial charge on any atom is 0.238 e. The Morgan fingerprint density at radius 1 is 1.21 bits per heavy atom. The first-order valence-corrected chi connectivity index (χ1v) is 9.77. The molecule has 1 saturated heterocycles. The van der Waals surface area contributed by atoms with Crippen molar-refractivity contribution in [2.75, 3.05) is 25.0 Å². The van der Waals surface area contributed by atoms with Crippen LogP contribution in [0.1, 0.15) is 24.7 Å². The van der Waals surface area contributed by atoms with Crippen molar-refractivity contribution in [1.82, 2.24) is 9.88 Å². The summed E-state index contributed by atoms with van der Waals surface area (Å²) in [6.45, 7) is 1.80. The van der Waals surface area contributed by atoms with Crippen LogP contribution in [0.4, 0.5) is 10.1 Å². The molecule has 2 aromatic carbocycles. The Bertz CT molecular complexity index is 1020. The summed E-state index contributed by atoms with van der Waals surface area (Å²) in [7, 11) is 0. The van der Waals surface area contributed by atoms with Crippen LogP contribution in [0.2, 0.25) is 10.0 Å². The number of aromatic nitrogens is 1. The van der Waals surface area contributed by atoms with E-state index >= 15 is 0 Å². The third kappa shape index (κ3) is 4.29. The molecule has 1 fully saturated rings. The number of carbonyl (C=O) groups is 1. The van der Waals surface area contributed by atoms with Gasteiger partial charge in [0.15, 0.2) is 11.5 Å². The highest BCUT2D eigenvalue weighted by Crippen LogP contribution is 2.30. The van der Waals surface area contributed by atoms with Crippen LogP contribution in [0.5, 0.6) is 0 Å². The molecule has 0 radical (unpaired) electrons. The summed E-state index contributed by atoms with van der Waals surface area (Å²) in [6.07, 6.45) is 1.71. The monoisotopic (exact) mass is 421 g/mol. The number of oxazole rings is 1. The van der Waals surface area contributed by atoms with Crippen molar-refractivity contribution in [3.63, 3.8) is 0 Å². The van der Waals surface area contributed by atoms with Gasteiger partial charge in [0.1, 0.15) is 11.3 Å². The van der Waals surface area contributed by atoms with Gasteiger partial charge in [-0.1, -0.05) is 23.2 Å². The molecule has 4 rings (SSSR count). The van der Waals surface area contributed by atoms with Crippen LogP contribution in [0.15, 0.2) is 40.8 Å². The Balaban J connectivity index is 1.32. The Morgan fingerprint density at radius 3 is 2.75 bits per heavy atom. The fraction of sp³-hybridized carbons (Fsp3) is 0.300. The van der Waals surface area contributed by atoms with E-state index in [-0.39, 0.29) is 23.4 Å². The minimum Gasteiger partial charge on any atom is -0.440 e. The SMILES string of the molecule is O=C(CN1CCC(c2nc3cc(Cl)ccc3o2)CC1)Nc1ccc(F)c(Cl)c1. The summed E-state index contributed by atoms with van der Waals surface area (Å²) in [5.74, 6) is 0.282. The van der Waals surface area contributed by atoms with Crippen LogP contribution >= 0.6 is 23.2 Å². The first-order chi connectivity index (χ1) is 13.5. The summed E-state index contributed by atoms with van der Waals surface area (Å²) in [6, 6.07) is 9.54. The van der Waals surface area contributed by atoms with Gasteiger partial charge in [0.05, 0.1) is 11.6 Å². The molecule has 0 spiro atoms. The second-order valence-electron chi connectivity index (χ2n) is 6.89. The number of amides is 1. The number of hydrogen-bond acceptors (Lipinski definition) is 4. The molecule has 0 saturated carbocycles. The van der Waals surface area contributed by atoms with E-state index in [1.54, 1.807) is 12.1 Å². The molecular weight excluding hydrogens is 404 g/mol. The molecule has 8 heteroatoms. The number of nitrogens with zero attached hydrogens (tertiary/aromatic N) is 2. The Kier molecular flexibility index (Phi) is 5.53. The second-order valence-corrected chi connectivity index (χ2v) is 7.74. The van der Waals surface area contributed by atoms with Crippen LogP contribution in [0, 0.1) is 5.82 Å². The zero-order valence-electron chi connectivity index (χ0n) is 14.9. The van der Waals surface area contributed by atoms with Crippen molar-refractivity contribution >= 4 is 45.9 Å². The fourth-order valence-electron chi connectivity index (χ4n) is 3.41. The number of halogens is 3. The lowest BCUT2D eigenvalue weighted by Crippen LogP contribution is -2.38. The smallest absolute Gasteiger partial charge is 0.238 e. The Labute approximate surface area is 171 Å². The van der Waals surface area contributed by atoms with Gasteiger partial charge in [-0.2, -0.15) is 0 Å². The predicted molar refractivity (Wildman–Crippen MR) is 107 cm³/mol. The van der Waals surface area contributed by atoms with Crippen LogP contribution in [-0.4, -0.2) is 35.4 Å². The number of nitrogens with one attached hydrogen (secondary N) is 1. The zero-order valence-corrected chi connectivity index (χ0v) is 16.4. The first-order valence-electron chi connectivity index (χ1n) is 9.01. The highest BCUT2D eigenvalue weighted by molar-refractivity contribution is 6.31. The normalized spacial score (nSPS) is 15.8. The summed E-state index contributed by atoms with van der Waals surface area (Å²) < 4.78 is 19.1. The molecule has 3 aromatic rings. The molecule has 0 bridgehead atoms. The van der Waals surface area contributed by atoms with Crippen LogP contribution in [0.25, 0.3) is 11.1 Å². The summed E-state index contributed by atoms with van der Waals surface area (Å²) in [4.78, 5) is 18.9. The van der Waals surface area contributed by atoms with Gasteiger partial charge >= 0.3 is 0 Å². The number of hydrogen-bond donors (Lipinski definition) is 1. The van der Waals surface area contributed by atoms with Crippen molar-refractivity contribution in [1.29, 1.82) is 0 Å². The third-order valence-electron chi connectivity index (χ3n) is 4.87. The van der Waals surface area contributed by atoms with E-state index in [1.807, 2.05) is 6.07 Å². The van der Waals surface area contributed by atoms with Gasteiger partial charge in [0, 0.05) is 16.6 Å². The van der Waals surface area contributed by atoms with Crippen LogP contribution in [-0.2, 0) is 4.79 Å². The van der Waals surface area contributed by atoms with Gasteiger partial charge in [0.25, 0.3) is 0 Å². The minimum atomic E-state index is -0.511. The summed E-state index contributed by atoms with van der Waals surface area (Å²) in [5.41, 5.74) is 1.98. The van der Waals surface area contributed by atoms with Gasteiger partial charge in [-0.25, -0.2) is 9.37 Å². The van der Waals surface area contributed by atoms with Gasteiger partial charge in [-0.3, -0.25) is 9.69 Å². The van der Waals surface area contributed by atoms with Crippen LogP contribution in [0.3, 0.4) is 0 Å². The predicted octanol–water partition coefficient (Wildman–Crippen LogP) is 5.09.